The van der Waals surface area contributed by atoms with Gasteiger partial charge in [-0.3, -0.25) is 0 Å². The topological polar surface area (TPSA) is 64.6 Å². The van der Waals surface area contributed by atoms with Gasteiger partial charge in [-0.25, -0.2) is 4.79 Å². The number of carbonyl (C=O) groups excluding carboxylic acids is 1. The maximum atomic E-state index is 12.3. The van der Waals surface area contributed by atoms with Crippen molar-refractivity contribution in [2.24, 2.45) is 5.92 Å². The minimum absolute atomic E-state index is 0.0558. The Morgan fingerprint density at radius 2 is 1.67 bits per heavy atom. The second-order valence-electron chi connectivity index (χ2n) is 8.32. The van der Waals surface area contributed by atoms with E-state index in [-0.39, 0.29) is 24.2 Å². The molecule has 0 aromatic carbocycles. The Labute approximate surface area is 146 Å². The molecule has 5 nitrogen and oxygen atoms in total. The molecule has 2 amide bonds. The van der Waals surface area contributed by atoms with Gasteiger partial charge in [-0.15, -0.1) is 0 Å². The lowest BCUT2D eigenvalue weighted by Gasteiger charge is -2.36. The molecule has 1 heterocycles. The Balaban J connectivity index is 1.36. The Kier molecular flexibility index (Phi) is 6.39. The maximum absolute atomic E-state index is 12.3. The summed E-state index contributed by atoms with van der Waals surface area (Å²) in [4.78, 5) is 14.9. The fourth-order valence-corrected chi connectivity index (χ4v) is 4.83. The summed E-state index contributed by atoms with van der Waals surface area (Å²) in [5.41, 5.74) is -0.369. The predicted octanol–water partition coefficient (Wildman–Crippen LogP) is 2.64. The van der Waals surface area contributed by atoms with E-state index in [9.17, 15) is 9.90 Å². The minimum Gasteiger partial charge on any atom is -0.394 e. The summed E-state index contributed by atoms with van der Waals surface area (Å²) < 4.78 is 0. The van der Waals surface area contributed by atoms with Crippen molar-refractivity contribution in [2.45, 2.75) is 82.2 Å². The molecule has 0 aromatic heterocycles. The third-order valence-corrected chi connectivity index (χ3v) is 6.41. The molecular weight excluding hydrogens is 302 g/mol. The van der Waals surface area contributed by atoms with Gasteiger partial charge in [0.25, 0.3) is 0 Å². The van der Waals surface area contributed by atoms with Gasteiger partial charge in [-0.05, 0) is 44.4 Å². The second-order valence-corrected chi connectivity index (χ2v) is 8.32. The molecule has 2 saturated carbocycles. The van der Waals surface area contributed by atoms with E-state index in [0.717, 1.165) is 57.5 Å². The van der Waals surface area contributed by atoms with Crippen LogP contribution in [0.15, 0.2) is 0 Å². The van der Waals surface area contributed by atoms with Crippen LogP contribution in [0, 0.1) is 5.92 Å². The first-order chi connectivity index (χ1) is 11.7. The Morgan fingerprint density at radius 1 is 1.00 bits per heavy atom. The molecule has 0 aromatic rings. The zero-order valence-corrected chi connectivity index (χ0v) is 15.1. The van der Waals surface area contributed by atoms with Crippen LogP contribution in [0.3, 0.4) is 0 Å². The van der Waals surface area contributed by atoms with Crippen LogP contribution in [0.5, 0.6) is 0 Å². The molecule has 3 fully saturated rings. The molecule has 0 unspecified atom stereocenters. The van der Waals surface area contributed by atoms with Crippen LogP contribution < -0.4 is 10.6 Å². The number of amides is 2. The Bertz CT molecular complexity index is 395. The van der Waals surface area contributed by atoms with Crippen molar-refractivity contribution in [3.8, 4) is 0 Å². The highest BCUT2D eigenvalue weighted by Gasteiger charge is 2.35. The molecule has 138 valence electrons. The first-order valence-electron chi connectivity index (χ1n) is 10.1. The van der Waals surface area contributed by atoms with E-state index in [1.807, 2.05) is 0 Å². The molecule has 1 aliphatic heterocycles. The lowest BCUT2D eigenvalue weighted by Crippen LogP contribution is -2.56. The van der Waals surface area contributed by atoms with Crippen molar-refractivity contribution in [3.63, 3.8) is 0 Å². The molecule has 0 bridgehead atoms. The maximum Gasteiger partial charge on any atom is 0.315 e. The quantitative estimate of drug-likeness (QED) is 0.722. The summed E-state index contributed by atoms with van der Waals surface area (Å²) in [7, 11) is 0. The molecule has 5 heteroatoms. The van der Waals surface area contributed by atoms with E-state index < -0.39 is 0 Å². The summed E-state index contributed by atoms with van der Waals surface area (Å²) in [5, 5.41) is 15.8. The normalized spacial score (nSPS) is 26.4. The molecule has 0 atom stereocenters. The summed E-state index contributed by atoms with van der Waals surface area (Å²) in [5.74, 6) is 0.901. The van der Waals surface area contributed by atoms with E-state index in [1.165, 1.54) is 38.6 Å². The van der Waals surface area contributed by atoms with Crippen LogP contribution in [-0.2, 0) is 0 Å². The van der Waals surface area contributed by atoms with Gasteiger partial charge in [0.1, 0.15) is 0 Å². The van der Waals surface area contributed by atoms with Crippen molar-refractivity contribution in [2.75, 3.05) is 26.2 Å². The average molecular weight is 338 g/mol. The van der Waals surface area contributed by atoms with E-state index in [1.54, 1.807) is 0 Å². The second kappa shape index (κ2) is 8.52. The van der Waals surface area contributed by atoms with Crippen molar-refractivity contribution < 1.29 is 9.90 Å². The summed E-state index contributed by atoms with van der Waals surface area (Å²) in [6.45, 7) is 3.52. The number of aliphatic hydroxyl groups is 1. The Hall–Kier alpha value is -0.810. The molecule has 3 rings (SSSR count). The van der Waals surface area contributed by atoms with Crippen LogP contribution in [0.2, 0.25) is 0 Å². The fraction of sp³-hybridized carbons (Fsp3) is 0.947. The zero-order chi connectivity index (χ0) is 16.8. The van der Waals surface area contributed by atoms with E-state index in [4.69, 9.17) is 0 Å². The lowest BCUT2D eigenvalue weighted by atomic mass is 9.88. The van der Waals surface area contributed by atoms with Crippen molar-refractivity contribution in [1.82, 2.24) is 15.5 Å². The van der Waals surface area contributed by atoms with Gasteiger partial charge in [0.05, 0.1) is 12.1 Å². The van der Waals surface area contributed by atoms with E-state index >= 15 is 0 Å². The number of hydrogen-bond acceptors (Lipinski definition) is 3. The molecule has 0 radical (unpaired) electrons. The first kappa shape index (κ1) is 18.0. The number of rotatable bonds is 5. The third kappa shape index (κ3) is 4.85. The number of aliphatic hydroxyl groups excluding tert-OH is 1. The first-order valence-corrected chi connectivity index (χ1v) is 10.1. The van der Waals surface area contributed by atoms with Gasteiger partial charge >= 0.3 is 6.03 Å². The summed E-state index contributed by atoms with van der Waals surface area (Å²) >= 11 is 0. The fourth-order valence-electron chi connectivity index (χ4n) is 4.83. The largest absolute Gasteiger partial charge is 0.394 e. The van der Waals surface area contributed by atoms with Crippen molar-refractivity contribution in [1.29, 1.82) is 0 Å². The van der Waals surface area contributed by atoms with Crippen LogP contribution in [0.25, 0.3) is 0 Å². The highest BCUT2D eigenvalue weighted by atomic mass is 16.3. The SMILES string of the molecule is O=C(NC1CCN(CC2CCCCC2)CC1)NC1(CO)CCCC1. The highest BCUT2D eigenvalue weighted by molar-refractivity contribution is 5.75. The molecule has 0 spiro atoms. The smallest absolute Gasteiger partial charge is 0.315 e. The van der Waals surface area contributed by atoms with Gasteiger partial charge < -0.3 is 20.6 Å². The van der Waals surface area contributed by atoms with Crippen LogP contribution in [-0.4, -0.2) is 53.9 Å². The minimum atomic E-state index is -0.369. The number of nitrogens with zero attached hydrogens (tertiary/aromatic N) is 1. The Morgan fingerprint density at radius 3 is 2.29 bits per heavy atom. The predicted molar refractivity (Wildman–Crippen MR) is 96.0 cm³/mol. The standard InChI is InChI=1S/C19H35N3O2/c23-15-19(10-4-5-11-19)21-18(24)20-17-8-12-22(13-9-17)14-16-6-2-1-3-7-16/h16-17,23H,1-15H2,(H2,20,21,24). The van der Waals surface area contributed by atoms with Crippen LogP contribution in [0.1, 0.15) is 70.6 Å². The molecule has 1 saturated heterocycles. The molecule has 3 aliphatic rings. The number of urea groups is 1. The van der Waals surface area contributed by atoms with Gasteiger partial charge in [0.15, 0.2) is 0 Å². The molecular formula is C19H35N3O2. The van der Waals surface area contributed by atoms with Crippen molar-refractivity contribution in [3.05, 3.63) is 0 Å². The van der Waals surface area contributed by atoms with Crippen LogP contribution in [0.4, 0.5) is 4.79 Å². The number of likely N-dealkylation sites (tertiary alicyclic amines) is 1. The highest BCUT2D eigenvalue weighted by Crippen LogP contribution is 2.29. The van der Waals surface area contributed by atoms with Gasteiger partial charge in [-0.2, -0.15) is 0 Å². The molecule has 2 aliphatic carbocycles. The molecule has 24 heavy (non-hydrogen) atoms. The summed E-state index contributed by atoms with van der Waals surface area (Å²) in [6, 6.07) is 0.196. The number of piperidine rings is 1. The van der Waals surface area contributed by atoms with Gasteiger partial charge in [0.2, 0.25) is 0 Å². The number of carbonyl (C=O) groups is 1. The van der Waals surface area contributed by atoms with Gasteiger partial charge in [-0.1, -0.05) is 32.1 Å². The van der Waals surface area contributed by atoms with E-state index in [0.29, 0.717) is 0 Å². The number of nitrogens with one attached hydrogen (secondary N) is 2. The van der Waals surface area contributed by atoms with E-state index in [2.05, 4.69) is 15.5 Å². The molecule has 3 N–H and O–H groups in total. The number of hydrogen-bond donors (Lipinski definition) is 3. The summed E-state index contributed by atoms with van der Waals surface area (Å²) in [6.07, 6.45) is 13.2. The average Bonchev–Trinajstić information content (AvgIpc) is 3.06. The van der Waals surface area contributed by atoms with Gasteiger partial charge in [0, 0.05) is 25.7 Å². The lowest BCUT2D eigenvalue weighted by molar-refractivity contribution is 0.146. The third-order valence-electron chi connectivity index (χ3n) is 6.41. The monoisotopic (exact) mass is 337 g/mol. The van der Waals surface area contributed by atoms with Crippen molar-refractivity contribution >= 4 is 6.03 Å². The van der Waals surface area contributed by atoms with Crippen LogP contribution >= 0.6 is 0 Å². The zero-order valence-electron chi connectivity index (χ0n) is 15.1.